The van der Waals surface area contributed by atoms with E-state index in [1.54, 1.807) is 4.90 Å². The van der Waals surface area contributed by atoms with Crippen LogP contribution in [0.25, 0.3) is 0 Å². The molecule has 1 aliphatic rings. The Morgan fingerprint density at radius 2 is 2.09 bits per heavy atom. The predicted molar refractivity (Wildman–Crippen MR) is 81.4 cm³/mol. The topological polar surface area (TPSA) is 95.9 Å². The Kier molecular flexibility index (Phi) is 5.70. The summed E-state index contributed by atoms with van der Waals surface area (Å²) in [6.07, 6.45) is 0.0952. The van der Waals surface area contributed by atoms with Crippen molar-refractivity contribution in [3.63, 3.8) is 0 Å². The summed E-state index contributed by atoms with van der Waals surface area (Å²) in [5.41, 5.74) is 0.990. The number of amides is 2. The Bertz CT molecular complexity index is 575. The van der Waals surface area contributed by atoms with Gasteiger partial charge in [-0.1, -0.05) is 30.3 Å². The molecular weight excluding hydrogens is 300 g/mol. The van der Waals surface area contributed by atoms with Crippen molar-refractivity contribution in [1.29, 1.82) is 0 Å². The van der Waals surface area contributed by atoms with Crippen molar-refractivity contribution >= 4 is 17.8 Å². The van der Waals surface area contributed by atoms with Crippen molar-refractivity contribution in [1.82, 2.24) is 10.2 Å². The summed E-state index contributed by atoms with van der Waals surface area (Å²) < 4.78 is 4.78. The summed E-state index contributed by atoms with van der Waals surface area (Å²) in [6.45, 7) is 0.623. The number of nitrogens with one attached hydrogen (secondary N) is 1. The number of methoxy groups -OCH3 is 1. The summed E-state index contributed by atoms with van der Waals surface area (Å²) in [7, 11) is 1.36. The summed E-state index contributed by atoms with van der Waals surface area (Å²) in [6, 6.07) is 8.41. The van der Waals surface area contributed by atoms with E-state index in [2.05, 4.69) is 5.32 Å². The Morgan fingerprint density at radius 3 is 2.70 bits per heavy atom. The molecule has 1 saturated heterocycles. The Hall–Kier alpha value is -2.41. The van der Waals surface area contributed by atoms with E-state index < -0.39 is 23.8 Å². The molecule has 2 unspecified atom stereocenters. The molecule has 7 heteroatoms. The van der Waals surface area contributed by atoms with Gasteiger partial charge in [0.1, 0.15) is 0 Å². The van der Waals surface area contributed by atoms with E-state index in [1.165, 1.54) is 7.11 Å². The van der Waals surface area contributed by atoms with E-state index in [-0.39, 0.29) is 18.9 Å². The largest absolute Gasteiger partial charge is 0.480 e. The lowest BCUT2D eigenvalue weighted by atomic mass is 10.1. The lowest BCUT2D eigenvalue weighted by Gasteiger charge is -2.18. The number of benzene rings is 1. The molecule has 2 atom stereocenters. The summed E-state index contributed by atoms with van der Waals surface area (Å²) >= 11 is 0. The van der Waals surface area contributed by atoms with Gasteiger partial charge in [0, 0.05) is 26.6 Å². The van der Waals surface area contributed by atoms with Crippen molar-refractivity contribution in [2.45, 2.75) is 19.0 Å². The van der Waals surface area contributed by atoms with Crippen LogP contribution in [0.15, 0.2) is 30.3 Å². The third-order valence-electron chi connectivity index (χ3n) is 3.75. The van der Waals surface area contributed by atoms with Crippen LogP contribution in [0.4, 0.5) is 0 Å². The first-order chi connectivity index (χ1) is 11.0. The summed E-state index contributed by atoms with van der Waals surface area (Å²) in [5, 5.41) is 11.4. The maximum atomic E-state index is 12.2. The van der Waals surface area contributed by atoms with Crippen molar-refractivity contribution in [3.8, 4) is 0 Å². The number of hydrogen-bond donors (Lipinski definition) is 2. The van der Waals surface area contributed by atoms with E-state index in [1.807, 2.05) is 30.3 Å². The number of likely N-dealkylation sites (tertiary alicyclic amines) is 1. The highest BCUT2D eigenvalue weighted by Gasteiger charge is 2.35. The van der Waals surface area contributed by atoms with Gasteiger partial charge in [-0.25, -0.2) is 4.79 Å². The van der Waals surface area contributed by atoms with Crippen LogP contribution >= 0.6 is 0 Å². The standard InChI is InChI=1S/C16H20N2O5/c1-23-10-13(16(21)22)17-15(20)12-7-14(19)18(9-12)8-11-5-3-2-4-6-11/h2-6,12-13H,7-10H2,1H3,(H,17,20)(H,21,22). The van der Waals surface area contributed by atoms with Gasteiger partial charge in [0.2, 0.25) is 11.8 Å². The fraction of sp³-hybridized carbons (Fsp3) is 0.438. The zero-order valence-electron chi connectivity index (χ0n) is 12.9. The molecule has 1 aliphatic heterocycles. The van der Waals surface area contributed by atoms with Gasteiger partial charge in [-0.15, -0.1) is 0 Å². The summed E-state index contributed by atoms with van der Waals surface area (Å²) in [4.78, 5) is 36.9. The Morgan fingerprint density at radius 1 is 1.39 bits per heavy atom. The van der Waals surface area contributed by atoms with Gasteiger partial charge >= 0.3 is 5.97 Å². The third kappa shape index (κ3) is 4.53. The van der Waals surface area contributed by atoms with E-state index in [0.717, 1.165) is 5.56 Å². The first-order valence-electron chi connectivity index (χ1n) is 7.35. The molecule has 2 amide bonds. The maximum Gasteiger partial charge on any atom is 0.328 e. The number of rotatable bonds is 7. The van der Waals surface area contributed by atoms with E-state index >= 15 is 0 Å². The van der Waals surface area contributed by atoms with Gasteiger partial charge in [0.15, 0.2) is 6.04 Å². The quantitative estimate of drug-likeness (QED) is 0.751. The molecule has 0 radical (unpaired) electrons. The lowest BCUT2D eigenvalue weighted by molar-refractivity contribution is -0.143. The van der Waals surface area contributed by atoms with Gasteiger partial charge in [0.05, 0.1) is 12.5 Å². The van der Waals surface area contributed by atoms with Crippen LogP contribution < -0.4 is 5.32 Å². The molecule has 1 aromatic rings. The number of hydrogen-bond acceptors (Lipinski definition) is 4. The minimum absolute atomic E-state index is 0.0952. The number of carbonyl (C=O) groups excluding carboxylic acids is 2. The number of nitrogens with zero attached hydrogens (tertiary/aromatic N) is 1. The van der Waals surface area contributed by atoms with E-state index in [0.29, 0.717) is 13.1 Å². The smallest absolute Gasteiger partial charge is 0.328 e. The molecule has 1 fully saturated rings. The Balaban J connectivity index is 1.93. The third-order valence-corrected chi connectivity index (χ3v) is 3.75. The van der Waals surface area contributed by atoms with Crippen molar-refractivity contribution in [2.75, 3.05) is 20.3 Å². The van der Waals surface area contributed by atoms with Crippen LogP contribution in [0.3, 0.4) is 0 Å². The second kappa shape index (κ2) is 7.73. The second-order valence-corrected chi connectivity index (χ2v) is 5.52. The molecule has 7 nitrogen and oxygen atoms in total. The van der Waals surface area contributed by atoms with Crippen molar-refractivity contribution < 1.29 is 24.2 Å². The first-order valence-corrected chi connectivity index (χ1v) is 7.35. The molecule has 0 spiro atoms. The molecular formula is C16H20N2O5. The highest BCUT2D eigenvalue weighted by Crippen LogP contribution is 2.20. The van der Waals surface area contributed by atoms with Crippen molar-refractivity contribution in [2.24, 2.45) is 5.92 Å². The zero-order chi connectivity index (χ0) is 16.8. The zero-order valence-corrected chi connectivity index (χ0v) is 12.9. The van der Waals surface area contributed by atoms with Gasteiger partial charge in [0.25, 0.3) is 0 Å². The summed E-state index contributed by atoms with van der Waals surface area (Å²) in [5.74, 6) is -2.23. The number of carboxylic acid groups (broad SMARTS) is 1. The average Bonchev–Trinajstić information content (AvgIpc) is 2.89. The molecule has 1 heterocycles. The second-order valence-electron chi connectivity index (χ2n) is 5.52. The fourth-order valence-electron chi connectivity index (χ4n) is 2.54. The number of carbonyl (C=O) groups is 3. The minimum Gasteiger partial charge on any atom is -0.480 e. The van der Waals surface area contributed by atoms with Crippen molar-refractivity contribution in [3.05, 3.63) is 35.9 Å². The molecule has 0 aliphatic carbocycles. The lowest BCUT2D eigenvalue weighted by Crippen LogP contribution is -2.46. The average molecular weight is 320 g/mol. The molecule has 1 aromatic carbocycles. The van der Waals surface area contributed by atoms with Crippen LogP contribution in [0.5, 0.6) is 0 Å². The first kappa shape index (κ1) is 17.0. The van der Waals surface area contributed by atoms with Crippen LogP contribution in [0, 0.1) is 5.92 Å². The van der Waals surface area contributed by atoms with E-state index in [4.69, 9.17) is 9.84 Å². The van der Waals surface area contributed by atoms with Gasteiger partial charge in [-0.05, 0) is 5.56 Å². The molecule has 23 heavy (non-hydrogen) atoms. The normalized spacial score (nSPS) is 18.7. The Labute approximate surface area is 134 Å². The van der Waals surface area contributed by atoms with E-state index in [9.17, 15) is 14.4 Å². The fourth-order valence-corrected chi connectivity index (χ4v) is 2.54. The van der Waals surface area contributed by atoms with Crippen LogP contribution in [0.1, 0.15) is 12.0 Å². The number of carboxylic acids is 1. The molecule has 2 rings (SSSR count). The van der Waals surface area contributed by atoms with Crippen LogP contribution in [0.2, 0.25) is 0 Å². The monoisotopic (exact) mass is 320 g/mol. The molecule has 124 valence electrons. The molecule has 0 bridgehead atoms. The maximum absolute atomic E-state index is 12.2. The molecule has 0 aromatic heterocycles. The van der Waals surface area contributed by atoms with Crippen LogP contribution in [-0.2, 0) is 25.7 Å². The number of aliphatic carboxylic acids is 1. The van der Waals surface area contributed by atoms with Gasteiger partial charge < -0.3 is 20.1 Å². The van der Waals surface area contributed by atoms with Gasteiger partial charge in [-0.3, -0.25) is 9.59 Å². The molecule has 2 N–H and O–H groups in total. The highest BCUT2D eigenvalue weighted by molar-refractivity contribution is 5.91. The SMILES string of the molecule is COCC(NC(=O)C1CC(=O)N(Cc2ccccc2)C1)C(=O)O. The van der Waals surface area contributed by atoms with Crippen LogP contribution in [-0.4, -0.2) is 54.1 Å². The molecule has 0 saturated carbocycles. The number of ether oxygens (including phenoxy) is 1. The highest BCUT2D eigenvalue weighted by atomic mass is 16.5. The van der Waals surface area contributed by atoms with Gasteiger partial charge in [-0.2, -0.15) is 0 Å². The minimum atomic E-state index is -1.16. The predicted octanol–water partition coefficient (Wildman–Crippen LogP) is 0.251.